The molecular formula is C15H31IN2. The molecule has 0 aromatic carbocycles. The van der Waals surface area contributed by atoms with E-state index in [1.807, 2.05) is 0 Å². The van der Waals surface area contributed by atoms with Crippen LogP contribution in [0.25, 0.3) is 0 Å². The Kier molecular flexibility index (Phi) is 6.90. The van der Waals surface area contributed by atoms with Gasteiger partial charge in [0.25, 0.3) is 0 Å². The van der Waals surface area contributed by atoms with Crippen molar-refractivity contribution in [2.45, 2.75) is 59.0 Å². The number of halogens is 1. The lowest BCUT2D eigenvalue weighted by atomic mass is 9.77. The highest BCUT2D eigenvalue weighted by molar-refractivity contribution is 14.1. The van der Waals surface area contributed by atoms with Crippen molar-refractivity contribution >= 4 is 22.6 Å². The minimum atomic E-state index is 0.606. The Morgan fingerprint density at radius 2 is 1.72 bits per heavy atom. The molecule has 0 aromatic heterocycles. The van der Waals surface area contributed by atoms with Crippen LogP contribution in [-0.2, 0) is 0 Å². The first kappa shape index (κ1) is 16.7. The van der Waals surface area contributed by atoms with Crippen LogP contribution >= 0.6 is 22.6 Å². The number of hydrogen-bond donors (Lipinski definition) is 0. The summed E-state index contributed by atoms with van der Waals surface area (Å²) in [6.07, 6.45) is 4.15. The van der Waals surface area contributed by atoms with E-state index in [-0.39, 0.29) is 0 Å². The Bertz CT molecular complexity index is 233. The van der Waals surface area contributed by atoms with Gasteiger partial charge in [0.2, 0.25) is 0 Å². The molecule has 0 amide bonds. The fraction of sp³-hybridized carbons (Fsp3) is 1.00. The van der Waals surface area contributed by atoms with Gasteiger partial charge in [0.05, 0.1) is 0 Å². The lowest BCUT2D eigenvalue weighted by Crippen LogP contribution is -2.45. The summed E-state index contributed by atoms with van der Waals surface area (Å²) in [6, 6.07) is 1.39. The molecule has 0 atom stereocenters. The second-order valence-electron chi connectivity index (χ2n) is 6.59. The van der Waals surface area contributed by atoms with Crippen LogP contribution in [0.1, 0.15) is 47.0 Å². The zero-order valence-corrected chi connectivity index (χ0v) is 15.0. The van der Waals surface area contributed by atoms with E-state index in [4.69, 9.17) is 0 Å². The first-order chi connectivity index (χ1) is 8.40. The number of hydrogen-bond acceptors (Lipinski definition) is 2. The van der Waals surface area contributed by atoms with Crippen LogP contribution in [0.5, 0.6) is 0 Å². The summed E-state index contributed by atoms with van der Waals surface area (Å²) < 4.78 is 1.32. The van der Waals surface area contributed by atoms with E-state index in [1.54, 1.807) is 0 Å². The Hall–Kier alpha value is 0.650. The highest BCUT2D eigenvalue weighted by Gasteiger charge is 2.34. The Morgan fingerprint density at radius 1 is 1.17 bits per heavy atom. The summed E-state index contributed by atoms with van der Waals surface area (Å²) in [5.41, 5.74) is 0.606. The zero-order valence-electron chi connectivity index (χ0n) is 12.9. The van der Waals surface area contributed by atoms with Crippen LogP contribution in [0, 0.1) is 5.41 Å². The average Bonchev–Trinajstić information content (AvgIpc) is 2.36. The monoisotopic (exact) mass is 366 g/mol. The van der Waals surface area contributed by atoms with Gasteiger partial charge in [0.1, 0.15) is 0 Å². The van der Waals surface area contributed by atoms with Crippen molar-refractivity contribution in [1.82, 2.24) is 9.80 Å². The number of likely N-dealkylation sites (tertiary alicyclic amines) is 1. The molecule has 1 heterocycles. The Labute approximate surface area is 128 Å². The van der Waals surface area contributed by atoms with E-state index in [0.717, 1.165) is 6.04 Å². The van der Waals surface area contributed by atoms with Crippen LogP contribution in [0.3, 0.4) is 0 Å². The highest BCUT2D eigenvalue weighted by atomic mass is 127. The van der Waals surface area contributed by atoms with E-state index >= 15 is 0 Å². The maximum Gasteiger partial charge on any atom is 0.00534 e. The summed E-state index contributed by atoms with van der Waals surface area (Å²) in [6.45, 7) is 13.1. The number of nitrogens with zero attached hydrogens (tertiary/aromatic N) is 2. The fourth-order valence-corrected chi connectivity index (χ4v) is 3.78. The third kappa shape index (κ3) is 4.64. The predicted octanol–water partition coefficient (Wildman–Crippen LogP) is 3.64. The SMILES string of the molecule is CC(C)N(C)CCC1(CI)CCN(C(C)C)CC1. The van der Waals surface area contributed by atoms with Crippen molar-refractivity contribution in [2.24, 2.45) is 5.41 Å². The molecule has 0 spiro atoms. The van der Waals surface area contributed by atoms with Gasteiger partial charge in [-0.15, -0.1) is 0 Å². The van der Waals surface area contributed by atoms with Crippen LogP contribution in [0.2, 0.25) is 0 Å². The number of rotatable bonds is 6. The van der Waals surface area contributed by atoms with E-state index in [2.05, 4.69) is 67.1 Å². The minimum absolute atomic E-state index is 0.606. The van der Waals surface area contributed by atoms with Gasteiger partial charge in [-0.3, -0.25) is 0 Å². The van der Waals surface area contributed by atoms with Crippen molar-refractivity contribution in [1.29, 1.82) is 0 Å². The van der Waals surface area contributed by atoms with Gasteiger partial charge in [-0.05, 0) is 79.1 Å². The first-order valence-electron chi connectivity index (χ1n) is 7.40. The Morgan fingerprint density at radius 3 is 2.11 bits per heavy atom. The summed E-state index contributed by atoms with van der Waals surface area (Å²) in [7, 11) is 2.26. The van der Waals surface area contributed by atoms with Gasteiger partial charge in [-0.2, -0.15) is 0 Å². The molecule has 1 rings (SSSR count). The molecule has 18 heavy (non-hydrogen) atoms. The average molecular weight is 366 g/mol. The Balaban J connectivity index is 2.45. The lowest BCUT2D eigenvalue weighted by Gasteiger charge is -2.43. The molecule has 0 aromatic rings. The largest absolute Gasteiger partial charge is 0.304 e. The van der Waals surface area contributed by atoms with Gasteiger partial charge in [-0.1, -0.05) is 22.6 Å². The van der Waals surface area contributed by atoms with Crippen LogP contribution in [0.15, 0.2) is 0 Å². The summed E-state index contributed by atoms with van der Waals surface area (Å²) in [5, 5.41) is 0. The van der Waals surface area contributed by atoms with E-state index in [1.165, 1.54) is 43.3 Å². The third-order valence-corrected chi connectivity index (χ3v) is 6.37. The molecule has 0 bridgehead atoms. The van der Waals surface area contributed by atoms with Gasteiger partial charge in [0.15, 0.2) is 0 Å². The maximum atomic E-state index is 2.64. The maximum absolute atomic E-state index is 2.64. The van der Waals surface area contributed by atoms with Crippen molar-refractivity contribution in [3.63, 3.8) is 0 Å². The van der Waals surface area contributed by atoms with E-state index in [9.17, 15) is 0 Å². The molecule has 2 nitrogen and oxygen atoms in total. The zero-order chi connectivity index (χ0) is 13.8. The molecule has 3 heteroatoms. The van der Waals surface area contributed by atoms with E-state index in [0.29, 0.717) is 11.5 Å². The molecular weight excluding hydrogens is 335 g/mol. The normalized spacial score (nSPS) is 21.2. The topological polar surface area (TPSA) is 6.48 Å². The molecule has 1 saturated heterocycles. The molecule has 0 saturated carbocycles. The van der Waals surface area contributed by atoms with Gasteiger partial charge in [0, 0.05) is 16.5 Å². The van der Waals surface area contributed by atoms with Crippen molar-refractivity contribution in [2.75, 3.05) is 31.1 Å². The summed E-state index contributed by atoms with van der Waals surface area (Å²) in [4.78, 5) is 5.12. The smallest absolute Gasteiger partial charge is 0.00534 e. The molecule has 0 aliphatic carbocycles. The van der Waals surface area contributed by atoms with E-state index < -0.39 is 0 Å². The predicted molar refractivity (Wildman–Crippen MR) is 89.6 cm³/mol. The summed E-state index contributed by atoms with van der Waals surface area (Å²) in [5.74, 6) is 0. The number of alkyl halides is 1. The molecule has 1 aliphatic heterocycles. The van der Waals surface area contributed by atoms with Crippen LogP contribution in [0.4, 0.5) is 0 Å². The van der Waals surface area contributed by atoms with Crippen molar-refractivity contribution < 1.29 is 0 Å². The van der Waals surface area contributed by atoms with Gasteiger partial charge >= 0.3 is 0 Å². The molecule has 0 N–H and O–H groups in total. The van der Waals surface area contributed by atoms with Crippen molar-refractivity contribution in [3.05, 3.63) is 0 Å². The van der Waals surface area contributed by atoms with Crippen LogP contribution in [-0.4, -0.2) is 53.0 Å². The second-order valence-corrected chi connectivity index (χ2v) is 7.35. The minimum Gasteiger partial charge on any atom is -0.304 e. The molecule has 0 radical (unpaired) electrons. The quantitative estimate of drug-likeness (QED) is 0.523. The molecule has 1 aliphatic rings. The lowest BCUT2D eigenvalue weighted by molar-refractivity contribution is 0.0834. The third-order valence-electron chi connectivity index (χ3n) is 4.75. The highest BCUT2D eigenvalue weighted by Crippen LogP contribution is 2.37. The molecule has 1 fully saturated rings. The van der Waals surface area contributed by atoms with Crippen LogP contribution < -0.4 is 0 Å². The molecule has 108 valence electrons. The number of piperidine rings is 1. The molecule has 0 unspecified atom stereocenters. The van der Waals surface area contributed by atoms with Crippen molar-refractivity contribution in [3.8, 4) is 0 Å². The second kappa shape index (κ2) is 7.44. The summed E-state index contributed by atoms with van der Waals surface area (Å²) >= 11 is 2.61. The standard InChI is InChI=1S/C15H31IN2/c1-13(2)17(5)9-6-15(12-16)7-10-18(11-8-15)14(3)4/h13-14H,6-12H2,1-5H3. The first-order valence-corrected chi connectivity index (χ1v) is 8.93. The van der Waals surface area contributed by atoms with Gasteiger partial charge < -0.3 is 9.80 Å². The fourth-order valence-electron chi connectivity index (χ4n) is 2.64. The van der Waals surface area contributed by atoms with Gasteiger partial charge in [-0.25, -0.2) is 0 Å².